The molecule has 0 amide bonds. The topological polar surface area (TPSA) is 44.8 Å². The van der Waals surface area contributed by atoms with Gasteiger partial charge in [0.2, 0.25) is 0 Å². The molecule has 1 heterocycles. The Bertz CT molecular complexity index is 768. The maximum absolute atomic E-state index is 12.8. The van der Waals surface area contributed by atoms with Gasteiger partial charge < -0.3 is 14.0 Å². The van der Waals surface area contributed by atoms with Crippen LogP contribution in [0.2, 0.25) is 5.82 Å². The Balaban J connectivity index is 1.62. The highest BCUT2D eigenvalue weighted by atomic mass is 16.7. The second-order valence-electron chi connectivity index (χ2n) is 8.08. The lowest BCUT2D eigenvalue weighted by atomic mass is 9.69. The van der Waals surface area contributed by atoms with Crippen LogP contribution >= 0.6 is 0 Å². The molecule has 1 atom stereocenters. The number of carbonyl (C=O) groups excluding carboxylic acids is 1. The second kappa shape index (κ2) is 7.49. The Kier molecular flexibility index (Phi) is 5.45. The fourth-order valence-electron chi connectivity index (χ4n) is 2.94. The molecule has 1 aliphatic rings. The highest BCUT2D eigenvalue weighted by Crippen LogP contribution is 2.40. The molecule has 3 rings (SSSR count). The van der Waals surface area contributed by atoms with E-state index >= 15 is 0 Å². The first-order chi connectivity index (χ1) is 12.7. The third kappa shape index (κ3) is 4.25. The minimum absolute atomic E-state index is 0.00288. The second-order valence-corrected chi connectivity index (χ2v) is 8.08. The summed E-state index contributed by atoms with van der Waals surface area (Å²) >= 11 is 0. The van der Waals surface area contributed by atoms with E-state index in [0.29, 0.717) is 12.2 Å². The van der Waals surface area contributed by atoms with Gasteiger partial charge in [0.25, 0.3) is 0 Å². The van der Waals surface area contributed by atoms with Crippen molar-refractivity contribution in [3.63, 3.8) is 0 Å². The van der Waals surface area contributed by atoms with Crippen molar-refractivity contribution in [3.8, 4) is 5.75 Å². The average molecular weight is 366 g/mol. The van der Waals surface area contributed by atoms with Gasteiger partial charge in [-0.25, -0.2) is 0 Å². The van der Waals surface area contributed by atoms with E-state index in [2.05, 4.69) is 0 Å². The zero-order valence-corrected chi connectivity index (χ0v) is 16.7. The molecule has 0 aliphatic carbocycles. The quantitative estimate of drug-likeness (QED) is 0.537. The van der Waals surface area contributed by atoms with E-state index < -0.39 is 18.3 Å². The lowest BCUT2D eigenvalue weighted by Crippen LogP contribution is -2.41. The monoisotopic (exact) mass is 366 g/mol. The van der Waals surface area contributed by atoms with Crippen molar-refractivity contribution < 1.29 is 18.8 Å². The lowest BCUT2D eigenvalue weighted by molar-refractivity contribution is 0.00578. The van der Waals surface area contributed by atoms with Gasteiger partial charge in [-0.2, -0.15) is 0 Å². The molecule has 142 valence electrons. The minimum Gasteiger partial charge on any atom is -0.489 e. The summed E-state index contributed by atoms with van der Waals surface area (Å²) in [6, 6.07) is 17.2. The van der Waals surface area contributed by atoms with E-state index in [1.165, 1.54) is 0 Å². The number of ketones is 1. The molecule has 2 aromatic carbocycles. The first kappa shape index (κ1) is 19.7. The van der Waals surface area contributed by atoms with Gasteiger partial charge in [-0.3, -0.25) is 4.79 Å². The molecule has 0 N–H and O–H groups in total. The molecule has 2 aromatic rings. The maximum atomic E-state index is 12.8. The fraction of sp³-hybridized carbons (Fsp3) is 0.409. The number of Topliss-reactive ketones (excluding diaryl/α,β-unsaturated/α-hetero) is 1. The molecular weight excluding hydrogens is 339 g/mol. The van der Waals surface area contributed by atoms with Crippen molar-refractivity contribution in [1.82, 2.24) is 0 Å². The Hall–Kier alpha value is -2.11. The van der Waals surface area contributed by atoms with Crippen LogP contribution in [0.15, 0.2) is 54.6 Å². The Morgan fingerprint density at radius 1 is 0.963 bits per heavy atom. The van der Waals surface area contributed by atoms with Crippen LogP contribution in [0.1, 0.15) is 50.5 Å². The van der Waals surface area contributed by atoms with E-state index in [1.54, 1.807) is 12.1 Å². The van der Waals surface area contributed by atoms with Crippen molar-refractivity contribution in [3.05, 3.63) is 65.7 Å². The fourth-order valence-corrected chi connectivity index (χ4v) is 2.94. The summed E-state index contributed by atoms with van der Waals surface area (Å²) in [4.78, 5) is 12.8. The number of hydrogen-bond donors (Lipinski definition) is 0. The summed E-state index contributed by atoms with van der Waals surface area (Å²) in [5, 5.41) is 0. The molecule has 1 fully saturated rings. The zero-order valence-electron chi connectivity index (χ0n) is 16.7. The first-order valence-electron chi connectivity index (χ1n) is 9.36. The smallest absolute Gasteiger partial charge is 0.469 e. The van der Waals surface area contributed by atoms with Crippen LogP contribution in [-0.2, 0) is 15.9 Å². The molecule has 0 spiro atoms. The molecule has 27 heavy (non-hydrogen) atoms. The third-order valence-electron chi connectivity index (χ3n) is 5.48. The largest absolute Gasteiger partial charge is 0.489 e. The first-order valence-corrected chi connectivity index (χ1v) is 9.36. The van der Waals surface area contributed by atoms with Crippen LogP contribution in [0.4, 0.5) is 0 Å². The highest BCUT2D eigenvalue weighted by Gasteiger charge is 2.54. The molecule has 0 saturated carbocycles. The summed E-state index contributed by atoms with van der Waals surface area (Å²) < 4.78 is 17.8. The SMILES string of the molecule is C[C@@H](B1OC(C)(C)C(C)(C)O1)C(=O)c1ccc(OCc2ccccc2)cc1. The van der Waals surface area contributed by atoms with Gasteiger partial charge in [0, 0.05) is 5.56 Å². The number of hydrogen-bond acceptors (Lipinski definition) is 4. The molecule has 0 radical (unpaired) electrons. The van der Waals surface area contributed by atoms with Gasteiger partial charge in [-0.1, -0.05) is 37.3 Å². The number of carbonyl (C=O) groups is 1. The molecule has 5 heteroatoms. The Morgan fingerprint density at radius 2 is 1.52 bits per heavy atom. The molecule has 1 aliphatic heterocycles. The van der Waals surface area contributed by atoms with Gasteiger partial charge in [-0.15, -0.1) is 0 Å². The van der Waals surface area contributed by atoms with Crippen molar-refractivity contribution in [2.45, 2.75) is 58.2 Å². The lowest BCUT2D eigenvalue weighted by Gasteiger charge is -2.32. The van der Waals surface area contributed by atoms with Crippen molar-refractivity contribution >= 4 is 12.9 Å². The maximum Gasteiger partial charge on any atom is 0.469 e. The normalized spacial score (nSPS) is 18.9. The van der Waals surface area contributed by atoms with Crippen molar-refractivity contribution in [2.75, 3.05) is 0 Å². The highest BCUT2D eigenvalue weighted by molar-refractivity contribution is 6.53. The molecule has 0 unspecified atom stereocenters. The summed E-state index contributed by atoms with van der Waals surface area (Å²) in [7, 11) is -0.545. The Labute approximate surface area is 162 Å². The summed E-state index contributed by atoms with van der Waals surface area (Å²) in [6.07, 6.45) is 0. The van der Waals surface area contributed by atoms with Crippen LogP contribution in [0.3, 0.4) is 0 Å². The van der Waals surface area contributed by atoms with Crippen molar-refractivity contribution in [2.24, 2.45) is 0 Å². The molecule has 0 aromatic heterocycles. The average Bonchev–Trinajstić information content (AvgIpc) is 2.87. The van der Waals surface area contributed by atoms with E-state index in [0.717, 1.165) is 11.3 Å². The van der Waals surface area contributed by atoms with Crippen LogP contribution in [-0.4, -0.2) is 24.1 Å². The molecule has 0 bridgehead atoms. The van der Waals surface area contributed by atoms with E-state index in [1.807, 2.05) is 77.1 Å². The van der Waals surface area contributed by atoms with Gasteiger partial charge in [0.1, 0.15) is 12.4 Å². The summed E-state index contributed by atoms with van der Waals surface area (Å²) in [6.45, 7) is 10.3. The number of rotatable bonds is 6. The predicted molar refractivity (Wildman–Crippen MR) is 107 cm³/mol. The zero-order chi connectivity index (χ0) is 19.7. The summed E-state index contributed by atoms with van der Waals surface area (Å²) in [5.41, 5.74) is 0.846. The molecule has 4 nitrogen and oxygen atoms in total. The van der Waals surface area contributed by atoms with E-state index in [-0.39, 0.29) is 11.6 Å². The molecular formula is C22H27BO4. The van der Waals surface area contributed by atoms with Gasteiger partial charge >= 0.3 is 7.12 Å². The van der Waals surface area contributed by atoms with Crippen molar-refractivity contribution in [1.29, 1.82) is 0 Å². The van der Waals surface area contributed by atoms with Gasteiger partial charge in [0.05, 0.1) is 17.0 Å². The standard InChI is InChI=1S/C22H27BO4/c1-16(23-26-21(2,3)22(4,5)27-23)20(24)18-11-13-19(14-12-18)25-15-17-9-7-6-8-10-17/h6-14,16H,15H2,1-5H3/t16-/m1/s1. The minimum atomic E-state index is -0.545. The van der Waals surface area contributed by atoms with Gasteiger partial charge in [-0.05, 0) is 57.5 Å². The third-order valence-corrected chi connectivity index (χ3v) is 5.48. The number of ether oxygens (including phenoxy) is 1. The number of benzene rings is 2. The van der Waals surface area contributed by atoms with Crippen LogP contribution < -0.4 is 4.74 Å². The Morgan fingerprint density at radius 3 is 2.07 bits per heavy atom. The van der Waals surface area contributed by atoms with E-state index in [4.69, 9.17) is 14.0 Å². The van der Waals surface area contributed by atoms with Crippen LogP contribution in [0.25, 0.3) is 0 Å². The molecule has 1 saturated heterocycles. The van der Waals surface area contributed by atoms with Crippen LogP contribution in [0.5, 0.6) is 5.75 Å². The van der Waals surface area contributed by atoms with E-state index in [9.17, 15) is 4.79 Å². The summed E-state index contributed by atoms with van der Waals surface area (Å²) in [5.74, 6) is 0.351. The van der Waals surface area contributed by atoms with Crippen LogP contribution in [0, 0.1) is 0 Å². The van der Waals surface area contributed by atoms with Gasteiger partial charge in [0.15, 0.2) is 5.78 Å². The predicted octanol–water partition coefficient (Wildman–Crippen LogP) is 4.93.